The first kappa shape index (κ1) is 39.4. The number of benzene rings is 3. The van der Waals surface area contributed by atoms with Crippen molar-refractivity contribution in [3.8, 4) is 11.3 Å². The van der Waals surface area contributed by atoms with Crippen LogP contribution in [0.2, 0.25) is 17.3 Å². The second-order valence-corrected chi connectivity index (χ2v) is 27.3. The number of aromatic nitrogens is 2. The molecule has 5 aromatic rings. The minimum absolute atomic E-state index is 0. The molecule has 4 nitrogen and oxygen atoms in total. The zero-order valence-corrected chi connectivity index (χ0v) is 36.8. The Kier molecular flexibility index (Phi) is 12.8. The van der Waals surface area contributed by atoms with Crippen molar-refractivity contribution in [2.24, 2.45) is 10.8 Å². The summed E-state index contributed by atoms with van der Waals surface area (Å²) in [5.74, 6) is 7.56. The Hall–Kier alpha value is -2.38. The number of hydrogen-bond donors (Lipinski definition) is 1. The average Bonchev–Trinajstić information content (AvgIpc) is 3.44. The molecule has 0 amide bonds. The first-order valence-electron chi connectivity index (χ1n) is 17.9. The van der Waals surface area contributed by atoms with Gasteiger partial charge < -0.3 is 5.11 Å². The normalized spacial score (nSPS) is 13.2. The van der Waals surface area contributed by atoms with Gasteiger partial charge in [-0.2, -0.15) is 0 Å². The van der Waals surface area contributed by atoms with Gasteiger partial charge in [0.05, 0.1) is 0 Å². The zero-order valence-electron chi connectivity index (χ0n) is 32.5. The predicted octanol–water partition coefficient (Wildman–Crippen LogP) is 12.0. The number of aliphatic hydroxyl groups is 1. The van der Waals surface area contributed by atoms with Gasteiger partial charge >= 0.3 is 193 Å². The number of allylic oxidation sites excluding steroid dienone is 2. The van der Waals surface area contributed by atoms with Gasteiger partial charge in [0.25, 0.3) is 0 Å². The minimum Gasteiger partial charge on any atom is 0 e. The van der Waals surface area contributed by atoms with Crippen molar-refractivity contribution < 1.29 is 31.4 Å². The summed E-state index contributed by atoms with van der Waals surface area (Å²) in [5.41, 5.74) is 3.31. The van der Waals surface area contributed by atoms with E-state index in [9.17, 15) is 9.90 Å². The topological polar surface area (TPSA) is 63.1 Å². The Morgan fingerprint density at radius 1 is 0.878 bits per heavy atom. The molecule has 0 aliphatic carbocycles. The fourth-order valence-electron chi connectivity index (χ4n) is 5.99. The molecule has 265 valence electrons. The van der Waals surface area contributed by atoms with Crippen LogP contribution in [0, 0.1) is 16.9 Å². The van der Waals surface area contributed by atoms with Gasteiger partial charge in [0, 0.05) is 37.0 Å². The molecule has 0 aliphatic rings. The van der Waals surface area contributed by atoms with Crippen molar-refractivity contribution in [2.45, 2.75) is 111 Å². The van der Waals surface area contributed by atoms with Crippen molar-refractivity contribution >= 4 is 65.9 Å². The van der Waals surface area contributed by atoms with Crippen LogP contribution >= 0.6 is 11.3 Å². The largest absolute Gasteiger partial charge is 0 e. The van der Waals surface area contributed by atoms with E-state index < -0.39 is 13.3 Å². The van der Waals surface area contributed by atoms with Crippen molar-refractivity contribution in [1.29, 1.82) is 0 Å². The number of thiophene rings is 1. The van der Waals surface area contributed by atoms with Gasteiger partial charge in [0.2, 0.25) is 0 Å². The van der Waals surface area contributed by atoms with Crippen LogP contribution in [0.25, 0.3) is 42.3 Å². The van der Waals surface area contributed by atoms with Crippen molar-refractivity contribution in [3.63, 3.8) is 0 Å². The molecule has 0 unspecified atom stereocenters. The Balaban J connectivity index is 0.000000323. The molecule has 0 aliphatic heterocycles. The number of aliphatic hydroxyl groups excluding tert-OH is 1. The third-order valence-corrected chi connectivity index (χ3v) is 16.4. The Labute approximate surface area is 316 Å². The molecular weight excluding hydrogens is 861 g/mol. The Bertz CT molecular complexity index is 2010. The molecule has 0 saturated carbocycles. The van der Waals surface area contributed by atoms with E-state index in [-0.39, 0.29) is 54.2 Å². The summed E-state index contributed by atoms with van der Waals surface area (Å²) in [6.07, 6.45) is 4.82. The number of carbonyl (C=O) groups excluding carboxylic acids is 1. The fraction of sp³-hybridized carbons (Fsp3) is 0.452. The number of hydrogen-bond acceptors (Lipinski definition) is 5. The molecule has 2 heterocycles. The van der Waals surface area contributed by atoms with Crippen LogP contribution < -0.4 is 4.40 Å². The summed E-state index contributed by atoms with van der Waals surface area (Å²) in [5, 5.41) is 13.6. The van der Waals surface area contributed by atoms with E-state index in [2.05, 4.69) is 103 Å². The van der Waals surface area contributed by atoms with E-state index in [0.717, 1.165) is 57.9 Å². The summed E-state index contributed by atoms with van der Waals surface area (Å²) in [6, 6.07) is 20.8. The van der Waals surface area contributed by atoms with E-state index in [0.29, 0.717) is 0 Å². The van der Waals surface area contributed by atoms with Crippen molar-refractivity contribution in [2.75, 3.05) is 0 Å². The van der Waals surface area contributed by atoms with Crippen LogP contribution in [-0.2, 0) is 30.3 Å². The van der Waals surface area contributed by atoms with E-state index in [1.807, 2.05) is 41.5 Å². The molecule has 0 spiro atoms. The number of nitrogens with zero attached hydrogens (tertiary/aromatic N) is 2. The standard InChI is InChI=1S/C27H27GeN2S.C15H28O2.Ir/c1-27(2,3)21-15-18(14-17-10-7-8-11-19(17)21)23-26-24(30-16-29-23)20-12-9-13-22(25(20)31-26)28(4,5)6;1-7-14(5,8-2)12(16)11-13(17)15(6,9-3)10-4;/h7-13,15-16H,1-6H3;11,16H,7-10H2,1-6H3;/q-1;;/b;12-11-;/i16D;;. The monoisotopic (exact) mass is 919 g/mol. The maximum atomic E-state index is 12.2. The molecule has 1 N–H and O–H groups in total. The molecule has 0 atom stereocenters. The van der Waals surface area contributed by atoms with Gasteiger partial charge in [0.1, 0.15) is 5.76 Å². The SMILES string of the molecule is CCC(C)(CC)C(=O)/C=C(\O)C(C)(CC)CC.[2H]c1nc(-c2[c-]c3ccccc3c(C(C)(C)C)c2)c2sc3[c]([Ge]([CH3])([CH3])[CH3])cccc3c2n1.[Ir]. The van der Waals surface area contributed by atoms with Gasteiger partial charge in [-0.15, -0.1) is 0 Å². The van der Waals surface area contributed by atoms with Crippen LogP contribution in [0.15, 0.2) is 66.7 Å². The third-order valence-electron chi connectivity index (χ3n) is 10.5. The van der Waals surface area contributed by atoms with Crippen LogP contribution in [0.3, 0.4) is 0 Å². The first-order valence-corrected chi connectivity index (χ1v) is 25.6. The predicted molar refractivity (Wildman–Crippen MR) is 211 cm³/mol. The zero-order chi connectivity index (χ0) is 36.5. The third kappa shape index (κ3) is 8.57. The summed E-state index contributed by atoms with van der Waals surface area (Å²) < 4.78 is 12.2. The van der Waals surface area contributed by atoms with Gasteiger partial charge in [-0.05, 0) is 25.7 Å². The first-order chi connectivity index (χ1) is 22.8. The molecule has 5 rings (SSSR count). The fourth-order valence-corrected chi connectivity index (χ4v) is 12.0. The van der Waals surface area contributed by atoms with Gasteiger partial charge in [-0.25, -0.2) is 0 Å². The minimum atomic E-state index is -2.08. The quantitative estimate of drug-likeness (QED) is 0.0692. The number of carbonyl (C=O) groups is 1. The summed E-state index contributed by atoms with van der Waals surface area (Å²) in [4.78, 5) is 21.4. The summed E-state index contributed by atoms with van der Waals surface area (Å²) in [7, 11) is 0. The van der Waals surface area contributed by atoms with Gasteiger partial charge in [0.15, 0.2) is 5.78 Å². The molecular formula is C42H55GeIrN2O2S-. The van der Waals surface area contributed by atoms with Crippen molar-refractivity contribution in [1.82, 2.24) is 9.97 Å². The second-order valence-electron chi connectivity index (χ2n) is 15.7. The van der Waals surface area contributed by atoms with Crippen LogP contribution in [0.4, 0.5) is 0 Å². The molecule has 0 bridgehead atoms. The molecule has 0 fully saturated rings. The smallest absolute Gasteiger partial charge is 0 e. The molecule has 7 heteroatoms. The maximum absolute atomic E-state index is 12.2. The molecule has 49 heavy (non-hydrogen) atoms. The van der Waals surface area contributed by atoms with E-state index in [1.165, 1.54) is 26.1 Å². The maximum Gasteiger partial charge on any atom is 0 e. The van der Waals surface area contributed by atoms with Crippen LogP contribution in [0.5, 0.6) is 0 Å². The van der Waals surface area contributed by atoms with Crippen LogP contribution in [0.1, 0.15) is 94.9 Å². The number of fused-ring (bicyclic) bond motifs is 4. The number of rotatable bonds is 9. The van der Waals surface area contributed by atoms with E-state index in [4.69, 9.17) is 1.37 Å². The Morgan fingerprint density at radius 2 is 1.47 bits per heavy atom. The molecule has 1 radical (unpaired) electrons. The van der Waals surface area contributed by atoms with Gasteiger partial charge in [-0.1, -0.05) is 41.5 Å². The summed E-state index contributed by atoms with van der Waals surface area (Å²) in [6.45, 7) is 18.8. The Morgan fingerprint density at radius 3 is 2.04 bits per heavy atom. The van der Waals surface area contributed by atoms with E-state index >= 15 is 0 Å². The van der Waals surface area contributed by atoms with Crippen molar-refractivity contribution in [3.05, 3.63) is 78.3 Å². The number of ketones is 1. The molecule has 0 saturated heterocycles. The van der Waals surface area contributed by atoms with Crippen LogP contribution in [-0.4, -0.2) is 34.1 Å². The van der Waals surface area contributed by atoms with E-state index in [1.54, 1.807) is 11.3 Å². The van der Waals surface area contributed by atoms with Gasteiger partial charge in [-0.3, -0.25) is 4.79 Å². The summed E-state index contributed by atoms with van der Waals surface area (Å²) >= 11 is -0.295. The molecule has 2 aromatic heterocycles. The molecule has 3 aromatic carbocycles. The average molecular weight is 918 g/mol. The second kappa shape index (κ2) is 15.9.